The average Bonchev–Trinajstić information content (AvgIpc) is 2.14. The van der Waals surface area contributed by atoms with Gasteiger partial charge in [-0.25, -0.2) is 0 Å². The third kappa shape index (κ3) is 8.92. The summed E-state index contributed by atoms with van der Waals surface area (Å²) in [5.41, 5.74) is 0. The van der Waals surface area contributed by atoms with Gasteiger partial charge in [0.1, 0.15) is 6.10 Å². The Kier molecular flexibility index (Phi) is 8.41. The molecule has 13 heavy (non-hydrogen) atoms. The summed E-state index contributed by atoms with van der Waals surface area (Å²) in [4.78, 5) is 0. The van der Waals surface area contributed by atoms with Gasteiger partial charge in [-0.05, 0) is 12.8 Å². The van der Waals surface area contributed by atoms with E-state index in [0.717, 1.165) is 12.8 Å². The summed E-state index contributed by atoms with van der Waals surface area (Å²) in [5.74, 6) is 5.65. The van der Waals surface area contributed by atoms with Crippen LogP contribution in [0.15, 0.2) is 0 Å². The van der Waals surface area contributed by atoms with Crippen LogP contribution < -0.4 is 0 Å². The Bertz CT molecular complexity index is 206. The lowest BCUT2D eigenvalue weighted by Crippen LogP contribution is -2.01. The molecule has 0 bridgehead atoms. The Morgan fingerprint density at radius 3 is 2.69 bits per heavy atom. The molecule has 0 radical (unpaired) electrons. The highest BCUT2D eigenvalue weighted by molar-refractivity contribution is 5.04. The summed E-state index contributed by atoms with van der Waals surface area (Å²) in [5, 5.41) is 17.5. The van der Waals surface area contributed by atoms with Crippen molar-refractivity contribution in [2.75, 3.05) is 0 Å². The van der Waals surface area contributed by atoms with Gasteiger partial charge in [0.25, 0.3) is 0 Å². The van der Waals surface area contributed by atoms with E-state index >= 15 is 0 Å². The maximum Gasteiger partial charge on any atom is 0.115 e. The van der Waals surface area contributed by atoms with Gasteiger partial charge in [0.2, 0.25) is 0 Å². The van der Waals surface area contributed by atoms with Crippen molar-refractivity contribution in [3.05, 3.63) is 0 Å². The van der Waals surface area contributed by atoms with Crippen molar-refractivity contribution < 1.29 is 5.11 Å². The molecule has 0 heterocycles. The smallest absolute Gasteiger partial charge is 0.115 e. The molecule has 0 spiro atoms. The Morgan fingerprint density at radius 1 is 1.31 bits per heavy atom. The quantitative estimate of drug-likeness (QED) is 0.519. The van der Waals surface area contributed by atoms with Gasteiger partial charge in [-0.15, -0.1) is 5.92 Å². The van der Waals surface area contributed by atoms with E-state index in [1.165, 1.54) is 12.8 Å². The monoisotopic (exact) mass is 179 g/mol. The largest absolute Gasteiger partial charge is 0.380 e. The summed E-state index contributed by atoms with van der Waals surface area (Å²) < 4.78 is 0. The van der Waals surface area contributed by atoms with Crippen molar-refractivity contribution in [2.45, 2.75) is 51.6 Å². The van der Waals surface area contributed by atoms with E-state index in [1.807, 2.05) is 6.07 Å². The lowest BCUT2D eigenvalue weighted by atomic mass is 10.2. The number of hydrogen-bond acceptors (Lipinski definition) is 2. The fourth-order valence-corrected chi connectivity index (χ4v) is 0.927. The van der Waals surface area contributed by atoms with Crippen LogP contribution in [0.3, 0.4) is 0 Å². The second-order valence-corrected chi connectivity index (χ2v) is 2.99. The number of aliphatic hydroxyl groups is 1. The van der Waals surface area contributed by atoms with Crippen LogP contribution >= 0.6 is 0 Å². The number of nitrogens with zero attached hydrogens (tertiary/aromatic N) is 1. The highest BCUT2D eigenvalue weighted by Crippen LogP contribution is 1.98. The molecule has 0 aliphatic carbocycles. The second-order valence-electron chi connectivity index (χ2n) is 2.99. The fourth-order valence-electron chi connectivity index (χ4n) is 0.927. The molecule has 2 heteroatoms. The SMILES string of the molecule is CCCCCC#CC(O)CCC#N. The van der Waals surface area contributed by atoms with E-state index in [-0.39, 0.29) is 0 Å². The molecule has 1 N–H and O–H groups in total. The number of nitriles is 1. The zero-order valence-electron chi connectivity index (χ0n) is 8.21. The number of aliphatic hydroxyl groups excluding tert-OH is 1. The van der Waals surface area contributed by atoms with E-state index in [0.29, 0.717) is 12.8 Å². The van der Waals surface area contributed by atoms with E-state index in [4.69, 9.17) is 5.26 Å². The summed E-state index contributed by atoms with van der Waals surface area (Å²) >= 11 is 0. The zero-order chi connectivity index (χ0) is 9.94. The third-order valence-corrected chi connectivity index (χ3v) is 1.70. The van der Waals surface area contributed by atoms with Crippen LogP contribution in [0.2, 0.25) is 0 Å². The Hall–Kier alpha value is -0.990. The minimum atomic E-state index is -0.610. The van der Waals surface area contributed by atoms with Crippen LogP contribution in [0, 0.1) is 23.2 Å². The van der Waals surface area contributed by atoms with Crippen LogP contribution in [0.4, 0.5) is 0 Å². The Morgan fingerprint density at radius 2 is 2.08 bits per heavy atom. The van der Waals surface area contributed by atoms with Gasteiger partial charge >= 0.3 is 0 Å². The predicted octanol–water partition coefficient (Wildman–Crippen LogP) is 2.23. The first-order valence-electron chi connectivity index (χ1n) is 4.84. The van der Waals surface area contributed by atoms with Gasteiger partial charge in [-0.2, -0.15) is 5.26 Å². The highest BCUT2D eigenvalue weighted by atomic mass is 16.3. The number of rotatable bonds is 5. The first-order chi connectivity index (χ1) is 6.31. The highest BCUT2D eigenvalue weighted by Gasteiger charge is 1.96. The minimum Gasteiger partial charge on any atom is -0.380 e. The molecule has 0 aromatic carbocycles. The summed E-state index contributed by atoms with van der Waals surface area (Å²) in [6.07, 6.45) is 4.59. The van der Waals surface area contributed by atoms with Crippen LogP contribution in [0.25, 0.3) is 0 Å². The summed E-state index contributed by atoms with van der Waals surface area (Å²) in [6.45, 7) is 2.15. The summed E-state index contributed by atoms with van der Waals surface area (Å²) in [7, 11) is 0. The van der Waals surface area contributed by atoms with Gasteiger partial charge in [-0.3, -0.25) is 0 Å². The lowest BCUT2D eigenvalue weighted by molar-refractivity contribution is 0.224. The molecule has 0 rings (SSSR count). The molecule has 0 aromatic rings. The molecule has 0 aliphatic rings. The molecule has 1 unspecified atom stereocenters. The Balaban J connectivity index is 3.40. The standard InChI is InChI=1S/C11H17NO/c1-2-3-4-5-6-8-11(13)9-7-10-12/h11,13H,2-5,7,9H2,1H3. The van der Waals surface area contributed by atoms with E-state index in [1.54, 1.807) is 0 Å². The Labute approximate surface area is 80.6 Å². The van der Waals surface area contributed by atoms with Crippen LogP contribution in [-0.4, -0.2) is 11.2 Å². The molecule has 0 saturated carbocycles. The third-order valence-electron chi connectivity index (χ3n) is 1.70. The molecule has 72 valence electrons. The molecule has 2 nitrogen and oxygen atoms in total. The molecule has 0 aliphatic heterocycles. The summed E-state index contributed by atoms with van der Waals surface area (Å²) in [6, 6.07) is 1.98. The topological polar surface area (TPSA) is 44.0 Å². The second kappa shape index (κ2) is 9.10. The predicted molar refractivity (Wildman–Crippen MR) is 52.8 cm³/mol. The minimum absolute atomic E-state index is 0.380. The van der Waals surface area contributed by atoms with E-state index in [2.05, 4.69) is 18.8 Å². The van der Waals surface area contributed by atoms with E-state index < -0.39 is 6.10 Å². The van der Waals surface area contributed by atoms with Crippen molar-refractivity contribution in [1.82, 2.24) is 0 Å². The van der Waals surface area contributed by atoms with Crippen molar-refractivity contribution in [3.63, 3.8) is 0 Å². The molecule has 0 aromatic heterocycles. The van der Waals surface area contributed by atoms with Crippen molar-refractivity contribution in [2.24, 2.45) is 0 Å². The van der Waals surface area contributed by atoms with Gasteiger partial charge in [0.05, 0.1) is 6.07 Å². The molecule has 0 fully saturated rings. The lowest BCUT2D eigenvalue weighted by Gasteiger charge is -1.96. The van der Waals surface area contributed by atoms with Crippen molar-refractivity contribution in [1.29, 1.82) is 5.26 Å². The van der Waals surface area contributed by atoms with Crippen LogP contribution in [0.1, 0.15) is 45.4 Å². The van der Waals surface area contributed by atoms with Gasteiger partial charge < -0.3 is 5.11 Å². The molecule has 0 saturated heterocycles. The maximum absolute atomic E-state index is 9.21. The normalized spacial score (nSPS) is 11.2. The van der Waals surface area contributed by atoms with Crippen LogP contribution in [-0.2, 0) is 0 Å². The van der Waals surface area contributed by atoms with E-state index in [9.17, 15) is 5.11 Å². The maximum atomic E-state index is 9.21. The molecule has 0 amide bonds. The van der Waals surface area contributed by atoms with Gasteiger partial charge in [0.15, 0.2) is 0 Å². The van der Waals surface area contributed by atoms with Gasteiger partial charge in [-0.1, -0.05) is 25.7 Å². The number of unbranched alkanes of at least 4 members (excludes halogenated alkanes) is 3. The molecular weight excluding hydrogens is 162 g/mol. The van der Waals surface area contributed by atoms with Crippen molar-refractivity contribution >= 4 is 0 Å². The first-order valence-corrected chi connectivity index (χ1v) is 4.84. The number of hydrogen-bond donors (Lipinski definition) is 1. The molecular formula is C11H17NO. The first kappa shape index (κ1) is 12.0. The average molecular weight is 179 g/mol. The van der Waals surface area contributed by atoms with Crippen LogP contribution in [0.5, 0.6) is 0 Å². The fraction of sp³-hybridized carbons (Fsp3) is 0.727. The van der Waals surface area contributed by atoms with Crippen molar-refractivity contribution in [3.8, 4) is 17.9 Å². The zero-order valence-corrected chi connectivity index (χ0v) is 8.21. The van der Waals surface area contributed by atoms with Gasteiger partial charge in [0, 0.05) is 12.8 Å². The molecule has 1 atom stereocenters.